The molecule has 0 aliphatic rings. The lowest BCUT2D eigenvalue weighted by Gasteiger charge is -2.01. The number of hydrogen-bond donors (Lipinski definition) is 0. The Morgan fingerprint density at radius 1 is 0.923 bits per heavy atom. The van der Waals surface area contributed by atoms with Gasteiger partial charge in [0, 0.05) is 0 Å². The van der Waals surface area contributed by atoms with Crippen molar-refractivity contribution < 1.29 is 1.37 Å². The van der Waals surface area contributed by atoms with Crippen molar-refractivity contribution >= 4 is 0 Å². The highest BCUT2D eigenvalue weighted by Gasteiger charge is 1.94. The standard InChI is InChI=1S/C13H12/c1-11-6-5-9-13(10-11)12-7-3-2-4-8-12/h2-10H,1H3/i9D. The van der Waals surface area contributed by atoms with Crippen LogP contribution < -0.4 is 0 Å². The van der Waals surface area contributed by atoms with Gasteiger partial charge in [0.1, 0.15) is 0 Å². The van der Waals surface area contributed by atoms with Crippen LogP contribution in [0.15, 0.2) is 54.6 Å². The van der Waals surface area contributed by atoms with Crippen LogP contribution in [0.25, 0.3) is 11.1 Å². The molecule has 0 nitrogen and oxygen atoms in total. The maximum Gasteiger partial charge on any atom is 0.0629 e. The molecular formula is C13H12. The molecule has 0 heteroatoms. The van der Waals surface area contributed by atoms with Crippen LogP contribution in [0.1, 0.15) is 6.93 Å². The van der Waals surface area contributed by atoms with Gasteiger partial charge in [-0.2, -0.15) is 0 Å². The van der Waals surface area contributed by atoms with Crippen molar-refractivity contribution in [1.29, 1.82) is 0 Å². The van der Waals surface area contributed by atoms with Crippen molar-refractivity contribution in [1.82, 2.24) is 0 Å². The van der Waals surface area contributed by atoms with E-state index in [0.29, 0.717) is 6.04 Å². The molecule has 0 saturated heterocycles. The summed E-state index contributed by atoms with van der Waals surface area (Å²) in [6, 6.07) is 16.5. The minimum absolute atomic E-state index is 0.585. The Balaban J connectivity index is 2.57. The Labute approximate surface area is 80.3 Å². The van der Waals surface area contributed by atoms with Gasteiger partial charge < -0.3 is 0 Å². The summed E-state index contributed by atoms with van der Waals surface area (Å²) in [7, 11) is 0. The molecule has 64 valence electrons. The fourth-order valence-electron chi connectivity index (χ4n) is 1.36. The van der Waals surface area contributed by atoms with Crippen molar-refractivity contribution in [2.24, 2.45) is 0 Å². The topological polar surface area (TPSA) is 0 Å². The fourth-order valence-corrected chi connectivity index (χ4v) is 1.36. The van der Waals surface area contributed by atoms with Crippen molar-refractivity contribution in [3.8, 4) is 11.1 Å². The van der Waals surface area contributed by atoms with Gasteiger partial charge in [-0.1, -0.05) is 60.1 Å². The maximum atomic E-state index is 7.80. The summed E-state index contributed by atoms with van der Waals surface area (Å²) in [5.74, 6) is 0. The first-order chi connectivity index (χ1) is 6.77. The molecule has 0 aromatic heterocycles. The molecule has 2 aromatic carbocycles. The third-order valence-electron chi connectivity index (χ3n) is 2.04. The van der Waals surface area contributed by atoms with Gasteiger partial charge in [-0.3, -0.25) is 0 Å². The van der Waals surface area contributed by atoms with E-state index in [1.54, 1.807) is 0 Å². The average molecular weight is 169 g/mol. The van der Waals surface area contributed by atoms with Crippen LogP contribution in [0.4, 0.5) is 0 Å². The minimum Gasteiger partial charge on any atom is -0.0622 e. The zero-order chi connectivity index (χ0) is 9.97. The minimum atomic E-state index is 0.585. The van der Waals surface area contributed by atoms with Crippen LogP contribution in [0.2, 0.25) is 0 Å². The molecule has 0 spiro atoms. The summed E-state index contributed by atoms with van der Waals surface area (Å²) < 4.78 is 7.80. The van der Waals surface area contributed by atoms with Crippen LogP contribution >= 0.6 is 0 Å². The monoisotopic (exact) mass is 169 g/mol. The van der Waals surface area contributed by atoms with Gasteiger partial charge in [0.2, 0.25) is 0 Å². The molecule has 0 radical (unpaired) electrons. The zero-order valence-electron chi connectivity index (χ0n) is 8.62. The maximum absolute atomic E-state index is 7.80. The van der Waals surface area contributed by atoms with E-state index in [1.165, 1.54) is 5.56 Å². The summed E-state index contributed by atoms with van der Waals surface area (Å²) in [6.07, 6.45) is 0. The zero-order valence-corrected chi connectivity index (χ0v) is 7.62. The second-order valence-corrected chi connectivity index (χ2v) is 3.15. The van der Waals surface area contributed by atoms with Crippen LogP contribution in [0.3, 0.4) is 0 Å². The summed E-state index contributed by atoms with van der Waals surface area (Å²) in [5.41, 5.74) is 3.31. The first kappa shape index (κ1) is 6.90. The Hall–Kier alpha value is -1.56. The van der Waals surface area contributed by atoms with Gasteiger partial charge in [0.05, 0.1) is 1.37 Å². The quantitative estimate of drug-likeness (QED) is 0.611. The summed E-state index contributed by atoms with van der Waals surface area (Å²) in [5, 5.41) is 0. The first-order valence-electron chi connectivity index (χ1n) is 4.90. The van der Waals surface area contributed by atoms with Crippen molar-refractivity contribution in [3.05, 3.63) is 60.1 Å². The predicted molar refractivity (Wildman–Crippen MR) is 56.6 cm³/mol. The van der Waals surface area contributed by atoms with Gasteiger partial charge in [-0.25, -0.2) is 0 Å². The predicted octanol–water partition coefficient (Wildman–Crippen LogP) is 3.66. The van der Waals surface area contributed by atoms with E-state index in [1.807, 2.05) is 49.4 Å². The molecule has 0 N–H and O–H groups in total. The second kappa shape index (κ2) is 3.44. The lowest BCUT2D eigenvalue weighted by atomic mass is 10.0. The number of benzene rings is 2. The Kier molecular flexibility index (Phi) is 1.83. The highest BCUT2D eigenvalue weighted by atomic mass is 14.0. The number of aryl methyl sites for hydroxylation is 1. The van der Waals surface area contributed by atoms with E-state index in [-0.39, 0.29) is 0 Å². The third kappa shape index (κ3) is 1.78. The van der Waals surface area contributed by atoms with Crippen LogP contribution in [0, 0.1) is 6.92 Å². The van der Waals surface area contributed by atoms with E-state index in [2.05, 4.69) is 6.07 Å². The second-order valence-electron chi connectivity index (χ2n) is 3.15. The number of hydrogen-bond acceptors (Lipinski definition) is 0. The normalized spacial score (nSPS) is 11.0. The summed E-state index contributed by atoms with van der Waals surface area (Å²) in [6.45, 7) is 2.05. The molecule has 13 heavy (non-hydrogen) atoms. The molecule has 2 rings (SSSR count). The molecule has 0 saturated carbocycles. The molecule has 0 atom stereocenters. The molecule has 0 fully saturated rings. The molecule has 0 unspecified atom stereocenters. The van der Waals surface area contributed by atoms with Crippen LogP contribution in [-0.4, -0.2) is 0 Å². The lowest BCUT2D eigenvalue weighted by Crippen LogP contribution is -1.77. The first-order valence-corrected chi connectivity index (χ1v) is 4.40. The van der Waals surface area contributed by atoms with E-state index >= 15 is 0 Å². The highest BCUT2D eigenvalue weighted by molar-refractivity contribution is 5.63. The van der Waals surface area contributed by atoms with E-state index in [4.69, 9.17) is 1.37 Å². The highest BCUT2D eigenvalue weighted by Crippen LogP contribution is 2.19. The smallest absolute Gasteiger partial charge is 0.0622 e. The molecule has 0 amide bonds. The Morgan fingerprint density at radius 2 is 1.69 bits per heavy atom. The molecule has 2 aromatic rings. The third-order valence-corrected chi connectivity index (χ3v) is 2.04. The van der Waals surface area contributed by atoms with Gasteiger partial charge in [-0.15, -0.1) is 0 Å². The van der Waals surface area contributed by atoms with Gasteiger partial charge in [0.25, 0.3) is 0 Å². The van der Waals surface area contributed by atoms with E-state index in [0.717, 1.165) is 11.1 Å². The molecule has 0 bridgehead atoms. The van der Waals surface area contributed by atoms with Crippen molar-refractivity contribution in [2.45, 2.75) is 6.92 Å². The van der Waals surface area contributed by atoms with E-state index in [9.17, 15) is 0 Å². The van der Waals surface area contributed by atoms with Gasteiger partial charge in [0.15, 0.2) is 0 Å². The largest absolute Gasteiger partial charge is 0.0629 e. The molecule has 0 aliphatic carbocycles. The van der Waals surface area contributed by atoms with Crippen LogP contribution in [-0.2, 0) is 0 Å². The van der Waals surface area contributed by atoms with Crippen molar-refractivity contribution in [3.63, 3.8) is 0 Å². The lowest BCUT2D eigenvalue weighted by molar-refractivity contribution is 1.47. The number of rotatable bonds is 1. The van der Waals surface area contributed by atoms with Gasteiger partial charge >= 0.3 is 0 Å². The molecule has 0 aliphatic heterocycles. The average Bonchev–Trinajstić information content (AvgIpc) is 2.23. The van der Waals surface area contributed by atoms with Crippen molar-refractivity contribution in [2.75, 3.05) is 0 Å². The molecular weight excluding hydrogens is 156 g/mol. The van der Waals surface area contributed by atoms with Crippen LogP contribution in [0.5, 0.6) is 0 Å². The Morgan fingerprint density at radius 3 is 2.46 bits per heavy atom. The summed E-state index contributed by atoms with van der Waals surface area (Å²) >= 11 is 0. The fraction of sp³-hybridized carbons (Fsp3) is 0.0769. The summed E-state index contributed by atoms with van der Waals surface area (Å²) in [4.78, 5) is 0. The SMILES string of the molecule is [2H]c1ccc(C)cc1-c1ccccc1. The Bertz CT molecular complexity index is 432. The molecule has 0 heterocycles. The van der Waals surface area contributed by atoms with E-state index < -0.39 is 0 Å². The van der Waals surface area contributed by atoms with Gasteiger partial charge in [-0.05, 0) is 18.1 Å².